The second kappa shape index (κ2) is 12.1. The van der Waals surface area contributed by atoms with Crippen molar-refractivity contribution >= 4 is 76.5 Å². The number of para-hydroxylation sites is 4. The van der Waals surface area contributed by atoms with Crippen molar-refractivity contribution < 1.29 is 0 Å². The standard InChI is InChI=1S/2C18H10N2O.C3H8.C2H6/c2*21-18-13-8-4-6-11-5-3-7-12(16(11)13)17-19-14-9-1-2-10-15(14)20(17)18;1-3-2;1-2/h2*1-10H;3H2,1-2H3;1-2H3. The van der Waals surface area contributed by atoms with Gasteiger partial charge in [0.1, 0.15) is 11.3 Å². The normalized spacial score (nSPS) is 11.2. The van der Waals surface area contributed by atoms with Crippen molar-refractivity contribution in [2.75, 3.05) is 0 Å². The Hall–Kier alpha value is -5.88. The molecule has 0 aliphatic carbocycles. The number of hydrogen-bond donors (Lipinski definition) is 0. The fourth-order valence-corrected chi connectivity index (χ4v) is 6.48. The highest BCUT2D eigenvalue weighted by atomic mass is 16.1. The summed E-state index contributed by atoms with van der Waals surface area (Å²) in [5, 5.41) is 7.73. The Morgan fingerprint density at radius 3 is 1.19 bits per heavy atom. The van der Waals surface area contributed by atoms with Gasteiger partial charge in [-0.1, -0.05) is 119 Å². The lowest BCUT2D eigenvalue weighted by atomic mass is 10.0. The van der Waals surface area contributed by atoms with Gasteiger partial charge in [0.15, 0.2) is 0 Å². The van der Waals surface area contributed by atoms with Gasteiger partial charge in [-0.05, 0) is 47.2 Å². The number of rotatable bonds is 0. The van der Waals surface area contributed by atoms with Crippen molar-refractivity contribution in [2.24, 2.45) is 0 Å². The molecule has 0 saturated carbocycles. The van der Waals surface area contributed by atoms with Crippen LogP contribution in [0, 0.1) is 0 Å². The van der Waals surface area contributed by atoms with E-state index in [1.165, 1.54) is 6.42 Å². The van der Waals surface area contributed by atoms with E-state index < -0.39 is 0 Å². The number of pyridine rings is 2. The van der Waals surface area contributed by atoms with Crippen molar-refractivity contribution in [2.45, 2.75) is 34.1 Å². The van der Waals surface area contributed by atoms with Gasteiger partial charge >= 0.3 is 0 Å². The maximum atomic E-state index is 12.9. The zero-order valence-electron chi connectivity index (χ0n) is 26.9. The lowest BCUT2D eigenvalue weighted by Crippen LogP contribution is -2.13. The number of benzene rings is 6. The Morgan fingerprint density at radius 2 is 0.809 bits per heavy atom. The zero-order chi connectivity index (χ0) is 32.7. The van der Waals surface area contributed by atoms with Gasteiger partial charge in [0.25, 0.3) is 11.1 Å². The first-order chi connectivity index (χ1) is 23.1. The molecule has 0 amide bonds. The van der Waals surface area contributed by atoms with Crippen LogP contribution in [-0.4, -0.2) is 18.8 Å². The molecule has 0 aliphatic rings. The average molecular weight is 615 g/mol. The van der Waals surface area contributed by atoms with Crippen LogP contribution < -0.4 is 11.1 Å². The SMILES string of the molecule is CC.CCC.O=c1c2cccc3cccc(c32)c2nc3ccccc3n12.O=c1c2cccc3cccc(c32)c2nc3ccccc3n12. The van der Waals surface area contributed by atoms with Crippen LogP contribution >= 0.6 is 0 Å². The second-order valence-electron chi connectivity index (χ2n) is 11.3. The average Bonchev–Trinajstić information content (AvgIpc) is 3.71. The molecule has 6 heteroatoms. The van der Waals surface area contributed by atoms with Crippen molar-refractivity contribution in [3.63, 3.8) is 0 Å². The molecule has 0 unspecified atom stereocenters. The molecule has 6 aromatic carbocycles. The summed E-state index contributed by atoms with van der Waals surface area (Å²) in [5.74, 6) is 0. The van der Waals surface area contributed by atoms with Gasteiger partial charge in [-0.25, -0.2) is 9.97 Å². The summed E-state index contributed by atoms with van der Waals surface area (Å²) in [6.07, 6.45) is 1.25. The summed E-state index contributed by atoms with van der Waals surface area (Å²) in [7, 11) is 0. The van der Waals surface area contributed by atoms with Crippen LogP contribution in [0.2, 0.25) is 0 Å². The lowest BCUT2D eigenvalue weighted by Gasteiger charge is -2.06. The van der Waals surface area contributed by atoms with Gasteiger partial charge in [0.2, 0.25) is 0 Å². The van der Waals surface area contributed by atoms with E-state index in [4.69, 9.17) is 0 Å². The number of fused-ring (bicyclic) bond motifs is 8. The smallest absolute Gasteiger partial charge is 0.264 e. The van der Waals surface area contributed by atoms with Gasteiger partial charge in [0, 0.05) is 32.3 Å². The largest absolute Gasteiger partial charge is 0.268 e. The summed E-state index contributed by atoms with van der Waals surface area (Å²) in [6, 6.07) is 39.4. The highest BCUT2D eigenvalue weighted by Gasteiger charge is 2.16. The van der Waals surface area contributed by atoms with Crippen LogP contribution in [0.15, 0.2) is 131 Å². The molecule has 4 aromatic heterocycles. The molecule has 0 atom stereocenters. The summed E-state index contributed by atoms with van der Waals surface area (Å²) >= 11 is 0. The third kappa shape index (κ3) is 4.64. The van der Waals surface area contributed by atoms with E-state index in [2.05, 4.69) is 23.8 Å². The quantitative estimate of drug-likeness (QED) is 0.171. The fourth-order valence-electron chi connectivity index (χ4n) is 6.48. The Labute approximate surface area is 270 Å². The Balaban J connectivity index is 0.000000132. The molecule has 0 N–H and O–H groups in total. The van der Waals surface area contributed by atoms with Crippen LogP contribution in [0.5, 0.6) is 0 Å². The molecule has 10 aromatic rings. The maximum absolute atomic E-state index is 12.9. The molecule has 0 radical (unpaired) electrons. The van der Waals surface area contributed by atoms with Crippen molar-refractivity contribution in [3.8, 4) is 0 Å². The summed E-state index contributed by atoms with van der Waals surface area (Å²) in [6.45, 7) is 8.25. The predicted octanol–water partition coefficient (Wildman–Crippen LogP) is 9.63. The minimum absolute atomic E-state index is 0.00278. The Morgan fingerprint density at radius 1 is 0.468 bits per heavy atom. The van der Waals surface area contributed by atoms with Gasteiger partial charge in [0.05, 0.1) is 22.1 Å². The summed E-state index contributed by atoms with van der Waals surface area (Å²) in [4.78, 5) is 35.1. The molecule has 0 fully saturated rings. The molecule has 6 nitrogen and oxygen atoms in total. The highest BCUT2D eigenvalue weighted by Crippen LogP contribution is 2.30. The van der Waals surface area contributed by atoms with Crippen LogP contribution in [0.25, 0.3) is 76.5 Å². The van der Waals surface area contributed by atoms with Crippen LogP contribution in [0.1, 0.15) is 34.1 Å². The monoisotopic (exact) mass is 614 g/mol. The van der Waals surface area contributed by atoms with Crippen LogP contribution in [-0.2, 0) is 0 Å². The minimum atomic E-state index is 0.00278. The van der Waals surface area contributed by atoms with E-state index in [1.807, 2.05) is 135 Å². The summed E-state index contributed by atoms with van der Waals surface area (Å²) < 4.78 is 3.46. The fraction of sp³-hybridized carbons (Fsp3) is 0.122. The molecular formula is C41H34N4O2. The number of hydrogen-bond acceptors (Lipinski definition) is 4. The summed E-state index contributed by atoms with van der Waals surface area (Å²) in [5.41, 5.74) is 4.92. The molecule has 0 spiro atoms. The molecular weight excluding hydrogens is 580 g/mol. The molecule has 0 aliphatic heterocycles. The topological polar surface area (TPSA) is 68.7 Å². The van der Waals surface area contributed by atoms with Gasteiger partial charge in [-0.15, -0.1) is 0 Å². The molecule has 4 heterocycles. The number of imidazole rings is 2. The van der Waals surface area contributed by atoms with Crippen molar-refractivity contribution in [3.05, 3.63) is 142 Å². The van der Waals surface area contributed by atoms with Gasteiger partial charge in [-0.3, -0.25) is 18.4 Å². The highest BCUT2D eigenvalue weighted by molar-refractivity contribution is 6.16. The first kappa shape index (κ1) is 29.8. The van der Waals surface area contributed by atoms with E-state index >= 15 is 0 Å². The zero-order valence-corrected chi connectivity index (χ0v) is 26.9. The molecule has 47 heavy (non-hydrogen) atoms. The third-order valence-corrected chi connectivity index (χ3v) is 8.28. The number of nitrogens with zero attached hydrogens (tertiary/aromatic N) is 4. The third-order valence-electron chi connectivity index (χ3n) is 8.28. The van der Waals surface area contributed by atoms with Crippen LogP contribution in [0.4, 0.5) is 0 Å². The first-order valence-corrected chi connectivity index (χ1v) is 16.2. The maximum Gasteiger partial charge on any atom is 0.264 e. The Kier molecular flexibility index (Phi) is 7.70. The van der Waals surface area contributed by atoms with Gasteiger partial charge < -0.3 is 0 Å². The predicted molar refractivity (Wildman–Crippen MR) is 198 cm³/mol. The molecule has 10 rings (SSSR count). The van der Waals surface area contributed by atoms with E-state index in [-0.39, 0.29) is 11.1 Å². The molecule has 0 bridgehead atoms. The number of aromatic nitrogens is 4. The van der Waals surface area contributed by atoms with E-state index in [1.54, 1.807) is 8.80 Å². The molecule has 0 saturated heterocycles. The first-order valence-electron chi connectivity index (χ1n) is 16.2. The minimum Gasteiger partial charge on any atom is -0.268 e. The van der Waals surface area contributed by atoms with E-state index in [9.17, 15) is 9.59 Å². The second-order valence-corrected chi connectivity index (χ2v) is 11.3. The van der Waals surface area contributed by atoms with E-state index in [0.29, 0.717) is 0 Å². The van der Waals surface area contributed by atoms with Crippen molar-refractivity contribution in [1.82, 2.24) is 18.8 Å². The van der Waals surface area contributed by atoms with Crippen molar-refractivity contribution in [1.29, 1.82) is 0 Å². The Bertz CT molecular complexity index is 2610. The van der Waals surface area contributed by atoms with E-state index in [0.717, 1.165) is 76.5 Å². The van der Waals surface area contributed by atoms with Crippen LogP contribution in [0.3, 0.4) is 0 Å². The molecule has 230 valence electrons. The van der Waals surface area contributed by atoms with Gasteiger partial charge in [-0.2, -0.15) is 0 Å². The lowest BCUT2D eigenvalue weighted by molar-refractivity contribution is 1.09.